The van der Waals surface area contributed by atoms with Crippen LogP contribution in [-0.4, -0.2) is 74.5 Å². The molecular weight excluding hydrogens is 470 g/mol. The zero-order chi connectivity index (χ0) is 25.8. The Balaban J connectivity index is 1.41. The lowest BCUT2D eigenvalue weighted by Crippen LogP contribution is -2.51. The van der Waals surface area contributed by atoms with E-state index >= 15 is 0 Å². The molecule has 1 aromatic heterocycles. The second-order valence-corrected chi connectivity index (χ2v) is 9.59. The number of nitrogens with one attached hydrogen (secondary N) is 1. The van der Waals surface area contributed by atoms with Gasteiger partial charge in [0.05, 0.1) is 40.1 Å². The summed E-state index contributed by atoms with van der Waals surface area (Å²) in [6, 6.07) is 10.4. The van der Waals surface area contributed by atoms with Crippen molar-refractivity contribution in [2.45, 2.75) is 38.6 Å². The van der Waals surface area contributed by atoms with Crippen LogP contribution in [0.3, 0.4) is 0 Å². The summed E-state index contributed by atoms with van der Waals surface area (Å²) in [5, 5.41) is 1.19. The maximum Gasteiger partial charge on any atom is 0.320 e. The number of benzene rings is 2. The summed E-state index contributed by atoms with van der Waals surface area (Å²) in [6.07, 6.45) is 5.60. The molecule has 2 aliphatic heterocycles. The second kappa shape index (κ2) is 11.3. The van der Waals surface area contributed by atoms with Crippen LogP contribution in [0.4, 0.5) is 4.79 Å². The summed E-state index contributed by atoms with van der Waals surface area (Å²) < 4.78 is 22.5. The third-order valence-corrected chi connectivity index (χ3v) is 7.51. The van der Waals surface area contributed by atoms with Gasteiger partial charge in [-0.2, -0.15) is 0 Å². The highest BCUT2D eigenvalue weighted by atomic mass is 16.5. The number of methoxy groups -OCH3 is 2. The number of carbonyl (C=O) groups excluding carboxylic acids is 1. The van der Waals surface area contributed by atoms with Crippen molar-refractivity contribution in [1.29, 1.82) is 0 Å². The van der Waals surface area contributed by atoms with Gasteiger partial charge in [-0.15, -0.1) is 0 Å². The molecule has 1 fully saturated rings. The SMILES string of the molecule is CCOc1cc2c(cc1OC)CCN(C(=O)N1CCOCC1)C2CCCc1c[nH]c2ccc(OC)cc12. The molecule has 1 unspecified atom stereocenters. The lowest BCUT2D eigenvalue weighted by Gasteiger charge is -2.41. The van der Waals surface area contributed by atoms with E-state index < -0.39 is 0 Å². The highest BCUT2D eigenvalue weighted by Gasteiger charge is 2.34. The van der Waals surface area contributed by atoms with Crippen LogP contribution in [0.15, 0.2) is 36.5 Å². The number of nitrogens with zero attached hydrogens (tertiary/aromatic N) is 2. The number of aromatic nitrogens is 1. The highest BCUT2D eigenvalue weighted by molar-refractivity contribution is 5.84. The molecule has 3 aromatic rings. The first-order valence-corrected chi connectivity index (χ1v) is 13.2. The molecule has 2 aliphatic rings. The van der Waals surface area contributed by atoms with E-state index in [-0.39, 0.29) is 12.1 Å². The van der Waals surface area contributed by atoms with Gasteiger partial charge in [-0.1, -0.05) is 0 Å². The topological polar surface area (TPSA) is 76.3 Å². The maximum atomic E-state index is 13.7. The van der Waals surface area contributed by atoms with E-state index in [0.29, 0.717) is 39.5 Å². The number of ether oxygens (including phenoxy) is 4. The first kappa shape index (κ1) is 25.3. The molecule has 1 N–H and O–H groups in total. The van der Waals surface area contributed by atoms with Crippen LogP contribution in [0.25, 0.3) is 10.9 Å². The largest absolute Gasteiger partial charge is 0.497 e. The van der Waals surface area contributed by atoms with Gasteiger partial charge >= 0.3 is 6.03 Å². The van der Waals surface area contributed by atoms with Gasteiger partial charge in [0.15, 0.2) is 11.5 Å². The summed E-state index contributed by atoms with van der Waals surface area (Å²) in [5.74, 6) is 2.34. The zero-order valence-corrected chi connectivity index (χ0v) is 22.0. The number of urea groups is 1. The van der Waals surface area contributed by atoms with Gasteiger partial charge in [0, 0.05) is 36.7 Å². The predicted molar refractivity (Wildman–Crippen MR) is 143 cm³/mol. The fourth-order valence-electron chi connectivity index (χ4n) is 5.59. The van der Waals surface area contributed by atoms with E-state index in [1.807, 2.05) is 17.9 Å². The van der Waals surface area contributed by atoms with E-state index in [1.54, 1.807) is 14.2 Å². The smallest absolute Gasteiger partial charge is 0.320 e. The van der Waals surface area contributed by atoms with Gasteiger partial charge in [-0.25, -0.2) is 4.79 Å². The van der Waals surface area contributed by atoms with Crippen molar-refractivity contribution < 1.29 is 23.7 Å². The Morgan fingerprint density at radius 1 is 1.08 bits per heavy atom. The van der Waals surface area contributed by atoms with Gasteiger partial charge in [-0.05, 0) is 79.6 Å². The summed E-state index contributed by atoms with van der Waals surface area (Å²) in [6.45, 7) is 5.68. The minimum atomic E-state index is -0.0241. The Kier molecular flexibility index (Phi) is 7.74. The minimum Gasteiger partial charge on any atom is -0.497 e. The normalized spacial score (nSPS) is 17.5. The fraction of sp³-hybridized carbons (Fsp3) is 0.483. The number of hydrogen-bond acceptors (Lipinski definition) is 5. The number of fused-ring (bicyclic) bond motifs is 2. The Labute approximate surface area is 218 Å². The lowest BCUT2D eigenvalue weighted by molar-refractivity contribution is 0.0374. The van der Waals surface area contributed by atoms with Gasteiger partial charge in [0.2, 0.25) is 0 Å². The Bertz CT molecular complexity index is 1230. The van der Waals surface area contributed by atoms with Gasteiger partial charge in [-0.3, -0.25) is 0 Å². The number of aromatic amines is 1. The number of H-pyrrole nitrogens is 1. The number of aryl methyl sites for hydroxylation is 1. The molecule has 0 aliphatic carbocycles. The predicted octanol–water partition coefficient (Wildman–Crippen LogP) is 4.96. The van der Waals surface area contributed by atoms with Crippen LogP contribution >= 0.6 is 0 Å². The first-order chi connectivity index (χ1) is 18.1. The van der Waals surface area contributed by atoms with E-state index in [9.17, 15) is 4.79 Å². The van der Waals surface area contributed by atoms with E-state index in [0.717, 1.165) is 54.0 Å². The Hall–Kier alpha value is -3.39. The first-order valence-electron chi connectivity index (χ1n) is 13.2. The van der Waals surface area contributed by atoms with Crippen molar-refractivity contribution in [3.05, 3.63) is 53.2 Å². The molecule has 198 valence electrons. The molecule has 0 spiro atoms. The van der Waals surface area contributed by atoms with Crippen LogP contribution in [0.1, 0.15) is 42.5 Å². The summed E-state index contributed by atoms with van der Waals surface area (Å²) in [4.78, 5) is 21.0. The number of carbonyl (C=O) groups is 1. The molecule has 2 aromatic carbocycles. The van der Waals surface area contributed by atoms with Crippen molar-refractivity contribution in [2.75, 3.05) is 53.7 Å². The monoisotopic (exact) mass is 507 g/mol. The number of rotatable bonds is 8. The van der Waals surface area contributed by atoms with Crippen LogP contribution in [-0.2, 0) is 17.6 Å². The van der Waals surface area contributed by atoms with Crippen molar-refractivity contribution in [2.24, 2.45) is 0 Å². The highest BCUT2D eigenvalue weighted by Crippen LogP contribution is 2.41. The summed E-state index contributed by atoms with van der Waals surface area (Å²) in [7, 11) is 3.37. The molecule has 1 atom stereocenters. The molecule has 2 amide bonds. The molecule has 1 saturated heterocycles. The zero-order valence-electron chi connectivity index (χ0n) is 22.0. The average molecular weight is 508 g/mol. The van der Waals surface area contributed by atoms with Gasteiger partial charge in [0.25, 0.3) is 0 Å². The van der Waals surface area contributed by atoms with Crippen molar-refractivity contribution in [3.63, 3.8) is 0 Å². The molecule has 8 nitrogen and oxygen atoms in total. The Morgan fingerprint density at radius 2 is 1.92 bits per heavy atom. The molecule has 3 heterocycles. The lowest BCUT2D eigenvalue weighted by atomic mass is 9.88. The molecule has 0 bridgehead atoms. The van der Waals surface area contributed by atoms with E-state index in [1.165, 1.54) is 16.5 Å². The van der Waals surface area contributed by atoms with Crippen LogP contribution in [0.2, 0.25) is 0 Å². The fourth-order valence-corrected chi connectivity index (χ4v) is 5.59. The van der Waals surface area contributed by atoms with E-state index in [4.69, 9.17) is 18.9 Å². The average Bonchev–Trinajstić information content (AvgIpc) is 3.35. The minimum absolute atomic E-state index is 0.0241. The number of amides is 2. The van der Waals surface area contributed by atoms with Gasteiger partial charge < -0.3 is 33.7 Å². The van der Waals surface area contributed by atoms with Crippen LogP contribution in [0, 0.1) is 0 Å². The molecule has 0 radical (unpaired) electrons. The maximum absolute atomic E-state index is 13.7. The van der Waals surface area contributed by atoms with Crippen LogP contribution in [0.5, 0.6) is 17.2 Å². The molecule has 37 heavy (non-hydrogen) atoms. The third-order valence-electron chi connectivity index (χ3n) is 7.51. The number of morpholine rings is 1. The van der Waals surface area contributed by atoms with E-state index in [2.05, 4.69) is 40.3 Å². The Morgan fingerprint density at radius 3 is 2.68 bits per heavy atom. The van der Waals surface area contributed by atoms with Crippen molar-refractivity contribution >= 4 is 16.9 Å². The number of hydrogen-bond donors (Lipinski definition) is 1. The summed E-state index contributed by atoms with van der Waals surface area (Å²) in [5.41, 5.74) is 4.77. The van der Waals surface area contributed by atoms with Crippen molar-refractivity contribution in [3.8, 4) is 17.2 Å². The molecule has 0 saturated carbocycles. The van der Waals surface area contributed by atoms with Crippen molar-refractivity contribution in [1.82, 2.24) is 14.8 Å². The molecular formula is C29H37N3O5. The molecule has 8 heteroatoms. The quantitative estimate of drug-likeness (QED) is 0.467. The second-order valence-electron chi connectivity index (χ2n) is 9.59. The standard InChI is InChI=1S/C29H37N3O5/c1-4-37-28-18-24-20(16-27(28)35-3)10-11-32(29(33)31-12-14-36-15-13-31)26(24)7-5-6-21-19-30-25-9-8-22(34-2)17-23(21)25/h8-9,16-19,26,30H,4-7,10-15H2,1-3H3. The molecule has 5 rings (SSSR count). The van der Waals surface area contributed by atoms with Gasteiger partial charge in [0.1, 0.15) is 5.75 Å². The van der Waals surface area contributed by atoms with Crippen LogP contribution < -0.4 is 14.2 Å². The summed E-state index contributed by atoms with van der Waals surface area (Å²) >= 11 is 0. The third kappa shape index (κ3) is 5.21.